The number of nitrogen functional groups attached to an aromatic ring is 1. The highest BCUT2D eigenvalue weighted by Crippen LogP contribution is 2.16. The second-order valence-corrected chi connectivity index (χ2v) is 3.24. The van der Waals surface area contributed by atoms with Gasteiger partial charge in [0.05, 0.1) is 5.69 Å². The predicted molar refractivity (Wildman–Crippen MR) is 48.1 cm³/mol. The van der Waals surface area contributed by atoms with Crippen LogP contribution in [0.4, 0.5) is 5.69 Å². The number of aryl methyl sites for hydroxylation is 1. The molecule has 12 heavy (non-hydrogen) atoms. The largest absolute Gasteiger partial charge is 0.394 e. The van der Waals surface area contributed by atoms with Gasteiger partial charge in [0.1, 0.15) is 0 Å². The molecule has 3 heteroatoms. The molecule has 0 radical (unpaired) electrons. The molecule has 1 aliphatic carbocycles. The van der Waals surface area contributed by atoms with Crippen molar-refractivity contribution >= 4 is 5.69 Å². The number of hydrogen-bond donors (Lipinski definition) is 2. The number of H-pyrrole nitrogens is 1. The van der Waals surface area contributed by atoms with Gasteiger partial charge in [-0.3, -0.25) is 4.79 Å². The number of aromatic amines is 1. The minimum atomic E-state index is 0.0310. The van der Waals surface area contributed by atoms with Crippen molar-refractivity contribution < 1.29 is 0 Å². The molecule has 1 heterocycles. The molecule has 0 saturated carbocycles. The van der Waals surface area contributed by atoms with Crippen molar-refractivity contribution in [2.24, 2.45) is 0 Å². The van der Waals surface area contributed by atoms with Crippen molar-refractivity contribution in [3.8, 4) is 0 Å². The normalized spacial score (nSPS) is 15.7. The second-order valence-electron chi connectivity index (χ2n) is 3.24. The molecule has 3 nitrogen and oxygen atoms in total. The molecule has 1 aromatic heterocycles. The first-order chi connectivity index (χ1) is 5.79. The molecule has 1 aliphatic rings. The highest BCUT2D eigenvalue weighted by atomic mass is 16.1. The van der Waals surface area contributed by atoms with E-state index in [1.807, 2.05) is 0 Å². The van der Waals surface area contributed by atoms with E-state index in [4.69, 9.17) is 5.73 Å². The van der Waals surface area contributed by atoms with Gasteiger partial charge in [-0.15, -0.1) is 0 Å². The number of nitrogens with one attached hydrogen (secondary N) is 1. The summed E-state index contributed by atoms with van der Waals surface area (Å²) in [4.78, 5) is 14.5. The number of pyridine rings is 1. The van der Waals surface area contributed by atoms with Crippen LogP contribution in [-0.4, -0.2) is 4.98 Å². The molecule has 64 valence electrons. The Morgan fingerprint density at radius 1 is 1.33 bits per heavy atom. The summed E-state index contributed by atoms with van der Waals surface area (Å²) in [6.45, 7) is 0. The van der Waals surface area contributed by atoms with Crippen LogP contribution in [0, 0.1) is 0 Å². The predicted octanol–water partition coefficient (Wildman–Crippen LogP) is 0.836. The van der Waals surface area contributed by atoms with E-state index in [0.717, 1.165) is 30.5 Å². The van der Waals surface area contributed by atoms with Crippen molar-refractivity contribution in [2.75, 3.05) is 5.73 Å². The third-order valence-electron chi connectivity index (χ3n) is 2.41. The smallest absolute Gasteiger partial charge is 0.207 e. The van der Waals surface area contributed by atoms with Gasteiger partial charge in [-0.05, 0) is 25.7 Å². The molecule has 3 N–H and O–H groups in total. The SMILES string of the molecule is Nc1c[nH]c2c(c1=O)CCCC2. The van der Waals surface area contributed by atoms with Crippen LogP contribution in [0.1, 0.15) is 24.1 Å². The van der Waals surface area contributed by atoms with E-state index in [1.54, 1.807) is 6.20 Å². The topological polar surface area (TPSA) is 58.9 Å². The van der Waals surface area contributed by atoms with Crippen LogP contribution in [0.15, 0.2) is 11.0 Å². The first-order valence-corrected chi connectivity index (χ1v) is 4.28. The first-order valence-electron chi connectivity index (χ1n) is 4.28. The zero-order chi connectivity index (χ0) is 8.55. The second kappa shape index (κ2) is 2.66. The maximum absolute atomic E-state index is 11.5. The van der Waals surface area contributed by atoms with Crippen LogP contribution in [-0.2, 0) is 12.8 Å². The van der Waals surface area contributed by atoms with Gasteiger partial charge in [0.25, 0.3) is 0 Å². The van der Waals surface area contributed by atoms with Crippen molar-refractivity contribution in [1.29, 1.82) is 0 Å². The van der Waals surface area contributed by atoms with E-state index >= 15 is 0 Å². The Morgan fingerprint density at radius 2 is 2.08 bits per heavy atom. The molecule has 0 amide bonds. The number of rotatable bonds is 0. The van der Waals surface area contributed by atoms with Crippen LogP contribution in [0.2, 0.25) is 0 Å². The summed E-state index contributed by atoms with van der Waals surface area (Å²) in [6.07, 6.45) is 5.76. The molecular formula is C9H12N2O. The zero-order valence-electron chi connectivity index (χ0n) is 6.89. The molecule has 0 aromatic carbocycles. The standard InChI is InChI=1S/C9H12N2O/c10-7-5-11-8-4-2-1-3-6(8)9(7)12/h5H,1-4,10H2,(H,11,12). The van der Waals surface area contributed by atoms with E-state index in [1.165, 1.54) is 6.42 Å². The van der Waals surface area contributed by atoms with Crippen LogP contribution in [0.5, 0.6) is 0 Å². The summed E-state index contributed by atoms with van der Waals surface area (Å²) in [5.41, 5.74) is 7.86. The Balaban J connectivity index is 2.62. The number of aromatic nitrogens is 1. The third kappa shape index (κ3) is 1.02. The Morgan fingerprint density at radius 3 is 2.92 bits per heavy atom. The van der Waals surface area contributed by atoms with Gasteiger partial charge < -0.3 is 10.7 Å². The van der Waals surface area contributed by atoms with Crippen molar-refractivity contribution in [1.82, 2.24) is 4.98 Å². The molecule has 2 rings (SSSR count). The van der Waals surface area contributed by atoms with E-state index < -0.39 is 0 Å². The molecule has 1 aromatic rings. The summed E-state index contributed by atoms with van der Waals surface area (Å²) in [5, 5.41) is 0. The fourth-order valence-corrected chi connectivity index (χ4v) is 1.72. The molecule has 0 fully saturated rings. The Hall–Kier alpha value is -1.25. The number of fused-ring (bicyclic) bond motifs is 1. The molecular weight excluding hydrogens is 152 g/mol. The monoisotopic (exact) mass is 164 g/mol. The average molecular weight is 164 g/mol. The lowest BCUT2D eigenvalue weighted by atomic mass is 9.96. The molecule has 0 spiro atoms. The lowest BCUT2D eigenvalue weighted by molar-refractivity contribution is 0.664. The van der Waals surface area contributed by atoms with E-state index in [2.05, 4.69) is 4.98 Å². The Bertz CT molecular complexity index is 354. The first kappa shape index (κ1) is 7.40. The molecule has 0 aliphatic heterocycles. The summed E-state index contributed by atoms with van der Waals surface area (Å²) in [7, 11) is 0. The van der Waals surface area contributed by atoms with Gasteiger partial charge in [0, 0.05) is 17.5 Å². The molecule has 0 bridgehead atoms. The van der Waals surface area contributed by atoms with Crippen molar-refractivity contribution in [3.05, 3.63) is 27.7 Å². The van der Waals surface area contributed by atoms with Crippen LogP contribution in [0.25, 0.3) is 0 Å². The maximum atomic E-state index is 11.5. The summed E-state index contributed by atoms with van der Waals surface area (Å²) in [5.74, 6) is 0. The summed E-state index contributed by atoms with van der Waals surface area (Å²) >= 11 is 0. The van der Waals surface area contributed by atoms with E-state index in [0.29, 0.717) is 5.69 Å². The van der Waals surface area contributed by atoms with Gasteiger partial charge in [-0.25, -0.2) is 0 Å². The number of nitrogens with two attached hydrogens (primary N) is 1. The third-order valence-corrected chi connectivity index (χ3v) is 2.41. The molecule has 0 atom stereocenters. The lowest BCUT2D eigenvalue weighted by Gasteiger charge is -2.14. The molecule has 0 unspecified atom stereocenters. The van der Waals surface area contributed by atoms with Gasteiger partial charge >= 0.3 is 0 Å². The fraction of sp³-hybridized carbons (Fsp3) is 0.444. The summed E-state index contributed by atoms with van der Waals surface area (Å²) in [6, 6.07) is 0. The minimum absolute atomic E-state index is 0.0310. The van der Waals surface area contributed by atoms with Crippen LogP contribution >= 0.6 is 0 Å². The fourth-order valence-electron chi connectivity index (χ4n) is 1.72. The zero-order valence-corrected chi connectivity index (χ0v) is 6.89. The van der Waals surface area contributed by atoms with Crippen molar-refractivity contribution in [3.63, 3.8) is 0 Å². The minimum Gasteiger partial charge on any atom is -0.394 e. The van der Waals surface area contributed by atoms with Crippen LogP contribution < -0.4 is 11.2 Å². The van der Waals surface area contributed by atoms with E-state index in [9.17, 15) is 4.79 Å². The van der Waals surface area contributed by atoms with Gasteiger partial charge in [0.15, 0.2) is 0 Å². The number of hydrogen-bond acceptors (Lipinski definition) is 2. The van der Waals surface area contributed by atoms with Crippen molar-refractivity contribution in [2.45, 2.75) is 25.7 Å². The van der Waals surface area contributed by atoms with Gasteiger partial charge in [-0.1, -0.05) is 0 Å². The quantitative estimate of drug-likeness (QED) is 0.596. The highest BCUT2D eigenvalue weighted by Gasteiger charge is 2.13. The van der Waals surface area contributed by atoms with Gasteiger partial charge in [-0.2, -0.15) is 0 Å². The van der Waals surface area contributed by atoms with Crippen LogP contribution in [0.3, 0.4) is 0 Å². The Kier molecular flexibility index (Phi) is 1.64. The lowest BCUT2D eigenvalue weighted by Crippen LogP contribution is -2.20. The highest BCUT2D eigenvalue weighted by molar-refractivity contribution is 5.40. The molecule has 0 saturated heterocycles. The average Bonchev–Trinajstić information content (AvgIpc) is 2.12. The van der Waals surface area contributed by atoms with Gasteiger partial charge in [0.2, 0.25) is 5.43 Å². The maximum Gasteiger partial charge on any atom is 0.207 e. The van der Waals surface area contributed by atoms with E-state index in [-0.39, 0.29) is 5.43 Å². The summed E-state index contributed by atoms with van der Waals surface area (Å²) < 4.78 is 0. The number of anilines is 1. The Labute approximate surface area is 70.6 Å².